The number of pyridine rings is 1. The van der Waals surface area contributed by atoms with Crippen molar-refractivity contribution in [1.82, 2.24) is 10.3 Å². The summed E-state index contributed by atoms with van der Waals surface area (Å²) in [5.41, 5.74) is 1.89. The number of nitrogens with zero attached hydrogens (tertiary/aromatic N) is 1. The van der Waals surface area contributed by atoms with Crippen molar-refractivity contribution in [2.75, 3.05) is 13.3 Å². The molecule has 6 heteroatoms. The number of sulfone groups is 1. The van der Waals surface area contributed by atoms with Gasteiger partial charge in [-0.3, -0.25) is 4.98 Å². The number of aromatic nitrogens is 1. The van der Waals surface area contributed by atoms with Crippen molar-refractivity contribution >= 4 is 9.84 Å². The summed E-state index contributed by atoms with van der Waals surface area (Å²) < 4.78 is 28.6. The number of hydrogen-bond donors (Lipinski definition) is 1. The predicted octanol–water partition coefficient (Wildman–Crippen LogP) is 1.78. The van der Waals surface area contributed by atoms with Crippen LogP contribution in [0.3, 0.4) is 0 Å². The lowest BCUT2D eigenvalue weighted by Crippen LogP contribution is -2.06. The van der Waals surface area contributed by atoms with Crippen LogP contribution < -0.4 is 10.1 Å². The van der Waals surface area contributed by atoms with Crippen LogP contribution in [0.1, 0.15) is 11.3 Å². The van der Waals surface area contributed by atoms with Crippen molar-refractivity contribution in [3.05, 3.63) is 53.9 Å². The van der Waals surface area contributed by atoms with E-state index in [-0.39, 0.29) is 4.90 Å². The van der Waals surface area contributed by atoms with Crippen LogP contribution in [-0.4, -0.2) is 26.7 Å². The molecule has 1 aromatic heterocycles. The van der Waals surface area contributed by atoms with Crippen LogP contribution in [0.4, 0.5) is 0 Å². The van der Waals surface area contributed by atoms with Crippen LogP contribution >= 0.6 is 0 Å². The van der Waals surface area contributed by atoms with Gasteiger partial charge >= 0.3 is 0 Å². The molecule has 2 rings (SSSR count). The van der Waals surface area contributed by atoms with Crippen molar-refractivity contribution in [2.45, 2.75) is 18.0 Å². The molecule has 0 bridgehead atoms. The lowest BCUT2D eigenvalue weighted by Gasteiger charge is -2.07. The molecule has 1 aromatic carbocycles. The Morgan fingerprint density at radius 1 is 1.24 bits per heavy atom. The molecule has 0 spiro atoms. The molecule has 1 heterocycles. The molecule has 5 nitrogen and oxygen atoms in total. The van der Waals surface area contributed by atoms with E-state index < -0.39 is 9.84 Å². The molecule has 0 atom stereocenters. The highest BCUT2D eigenvalue weighted by Crippen LogP contribution is 2.18. The summed E-state index contributed by atoms with van der Waals surface area (Å²) in [6.07, 6.45) is 2.97. The number of nitrogens with one attached hydrogen (secondary N) is 1. The molecular weight excluding hydrogens is 288 g/mol. The predicted molar refractivity (Wildman–Crippen MR) is 80.9 cm³/mol. The Hall–Kier alpha value is -1.92. The maximum absolute atomic E-state index is 11.5. The Kier molecular flexibility index (Phi) is 4.93. The Labute approximate surface area is 124 Å². The van der Waals surface area contributed by atoms with E-state index in [0.717, 1.165) is 17.8 Å². The SMILES string of the molecule is CNCc1ccc(COc2cccc(S(C)(=O)=O)c2)nc1. The first-order chi connectivity index (χ1) is 9.99. The molecule has 0 amide bonds. The van der Waals surface area contributed by atoms with E-state index in [1.807, 2.05) is 19.2 Å². The number of ether oxygens (including phenoxy) is 1. The van der Waals surface area contributed by atoms with Gasteiger partial charge in [0, 0.05) is 19.0 Å². The molecular formula is C15H18N2O3S. The maximum atomic E-state index is 11.5. The van der Waals surface area contributed by atoms with Gasteiger partial charge in [0.15, 0.2) is 9.84 Å². The zero-order chi connectivity index (χ0) is 15.3. The Morgan fingerprint density at radius 3 is 2.67 bits per heavy atom. The smallest absolute Gasteiger partial charge is 0.175 e. The van der Waals surface area contributed by atoms with E-state index in [1.165, 1.54) is 12.3 Å². The van der Waals surface area contributed by atoms with Crippen LogP contribution in [-0.2, 0) is 23.0 Å². The van der Waals surface area contributed by atoms with Gasteiger partial charge in [-0.05, 0) is 36.9 Å². The van der Waals surface area contributed by atoms with Gasteiger partial charge in [-0.2, -0.15) is 0 Å². The topological polar surface area (TPSA) is 68.3 Å². The first-order valence-electron chi connectivity index (χ1n) is 6.50. The van der Waals surface area contributed by atoms with Gasteiger partial charge < -0.3 is 10.1 Å². The van der Waals surface area contributed by atoms with E-state index in [9.17, 15) is 8.42 Å². The van der Waals surface area contributed by atoms with E-state index in [2.05, 4.69) is 10.3 Å². The van der Waals surface area contributed by atoms with Crippen molar-refractivity contribution in [1.29, 1.82) is 0 Å². The summed E-state index contributed by atoms with van der Waals surface area (Å²) in [7, 11) is -1.34. The van der Waals surface area contributed by atoms with E-state index in [1.54, 1.807) is 24.4 Å². The average Bonchev–Trinajstić information content (AvgIpc) is 2.46. The Balaban J connectivity index is 2.03. The standard InChI is InChI=1S/C15H18N2O3S/c1-16-9-12-6-7-13(17-10-12)11-20-14-4-3-5-15(8-14)21(2,18)19/h3-8,10,16H,9,11H2,1-2H3. The normalized spacial score (nSPS) is 11.3. The fourth-order valence-corrected chi connectivity index (χ4v) is 2.46. The van der Waals surface area contributed by atoms with Gasteiger partial charge in [0.05, 0.1) is 10.6 Å². The molecule has 2 aromatic rings. The van der Waals surface area contributed by atoms with E-state index >= 15 is 0 Å². The van der Waals surface area contributed by atoms with Crippen molar-refractivity contribution < 1.29 is 13.2 Å². The van der Waals surface area contributed by atoms with Gasteiger partial charge in [-0.15, -0.1) is 0 Å². The van der Waals surface area contributed by atoms with Crippen LogP contribution in [0.25, 0.3) is 0 Å². The first-order valence-corrected chi connectivity index (χ1v) is 8.39. The summed E-state index contributed by atoms with van der Waals surface area (Å²) in [6, 6.07) is 10.3. The third kappa shape index (κ3) is 4.54. The minimum absolute atomic E-state index is 0.248. The van der Waals surface area contributed by atoms with Crippen molar-refractivity contribution in [2.24, 2.45) is 0 Å². The average molecular weight is 306 g/mol. The highest BCUT2D eigenvalue weighted by Gasteiger charge is 2.08. The molecule has 0 fully saturated rings. The van der Waals surface area contributed by atoms with Gasteiger partial charge in [0.1, 0.15) is 12.4 Å². The van der Waals surface area contributed by atoms with Crippen LogP contribution in [0.15, 0.2) is 47.5 Å². The molecule has 0 saturated heterocycles. The molecule has 0 aliphatic rings. The van der Waals surface area contributed by atoms with Crippen molar-refractivity contribution in [3.63, 3.8) is 0 Å². The zero-order valence-electron chi connectivity index (χ0n) is 12.0. The summed E-state index contributed by atoms with van der Waals surface area (Å²) in [5.74, 6) is 0.513. The number of hydrogen-bond acceptors (Lipinski definition) is 5. The molecule has 0 radical (unpaired) electrons. The second kappa shape index (κ2) is 6.69. The fraction of sp³-hybridized carbons (Fsp3) is 0.267. The molecule has 112 valence electrons. The quantitative estimate of drug-likeness (QED) is 0.881. The van der Waals surface area contributed by atoms with Gasteiger partial charge in [-0.25, -0.2) is 8.42 Å². The van der Waals surface area contributed by atoms with Crippen LogP contribution in [0.5, 0.6) is 5.75 Å². The monoisotopic (exact) mass is 306 g/mol. The second-order valence-electron chi connectivity index (χ2n) is 4.72. The van der Waals surface area contributed by atoms with Crippen molar-refractivity contribution in [3.8, 4) is 5.75 Å². The lowest BCUT2D eigenvalue weighted by atomic mass is 10.2. The summed E-state index contributed by atoms with van der Waals surface area (Å²) in [6.45, 7) is 1.07. The zero-order valence-corrected chi connectivity index (χ0v) is 12.9. The fourth-order valence-electron chi connectivity index (χ4n) is 1.80. The second-order valence-corrected chi connectivity index (χ2v) is 6.74. The van der Waals surface area contributed by atoms with E-state index in [0.29, 0.717) is 12.4 Å². The molecule has 1 N–H and O–H groups in total. The van der Waals surface area contributed by atoms with Crippen LogP contribution in [0.2, 0.25) is 0 Å². The minimum atomic E-state index is -3.22. The van der Waals surface area contributed by atoms with Gasteiger partial charge in [0.2, 0.25) is 0 Å². The highest BCUT2D eigenvalue weighted by molar-refractivity contribution is 7.90. The third-order valence-electron chi connectivity index (χ3n) is 2.89. The van der Waals surface area contributed by atoms with Gasteiger partial charge in [-0.1, -0.05) is 12.1 Å². The molecule has 21 heavy (non-hydrogen) atoms. The summed E-state index contributed by atoms with van der Waals surface area (Å²) >= 11 is 0. The van der Waals surface area contributed by atoms with Gasteiger partial charge in [0.25, 0.3) is 0 Å². The maximum Gasteiger partial charge on any atom is 0.175 e. The summed E-state index contributed by atoms with van der Waals surface area (Å²) in [4.78, 5) is 4.55. The highest BCUT2D eigenvalue weighted by atomic mass is 32.2. The third-order valence-corrected chi connectivity index (χ3v) is 4.00. The largest absolute Gasteiger partial charge is 0.487 e. The Bertz CT molecular complexity index is 697. The van der Waals surface area contributed by atoms with E-state index in [4.69, 9.17) is 4.74 Å². The summed E-state index contributed by atoms with van der Waals surface area (Å²) in [5, 5.41) is 3.05. The molecule has 0 aliphatic carbocycles. The molecule has 0 unspecified atom stereocenters. The Morgan fingerprint density at radius 2 is 2.05 bits per heavy atom. The molecule has 0 saturated carbocycles. The lowest BCUT2D eigenvalue weighted by molar-refractivity contribution is 0.300. The molecule has 0 aliphatic heterocycles. The number of benzene rings is 1. The number of rotatable bonds is 6. The first kappa shape index (κ1) is 15.5. The minimum Gasteiger partial charge on any atom is -0.487 e. The van der Waals surface area contributed by atoms with Crippen LogP contribution in [0, 0.1) is 0 Å².